The lowest BCUT2D eigenvalue weighted by atomic mass is 10.1. The second-order valence-electron chi connectivity index (χ2n) is 6.22. The highest BCUT2D eigenvalue weighted by Crippen LogP contribution is 2.15. The molecule has 0 saturated carbocycles. The van der Waals surface area contributed by atoms with E-state index in [2.05, 4.69) is 22.3 Å². The van der Waals surface area contributed by atoms with E-state index in [-0.39, 0.29) is 12.3 Å². The van der Waals surface area contributed by atoms with Crippen LogP contribution in [0, 0.1) is 6.92 Å². The maximum absolute atomic E-state index is 11.1. The van der Waals surface area contributed by atoms with Gasteiger partial charge in [-0.05, 0) is 30.2 Å². The third kappa shape index (κ3) is 6.77. The smallest absolute Gasteiger partial charge is 0.304 e. The van der Waals surface area contributed by atoms with Crippen LogP contribution in [0.1, 0.15) is 30.0 Å². The van der Waals surface area contributed by atoms with Gasteiger partial charge in [-0.1, -0.05) is 42.0 Å². The zero-order chi connectivity index (χ0) is 18.2. The van der Waals surface area contributed by atoms with Crippen molar-refractivity contribution in [2.24, 2.45) is 0 Å². The maximum atomic E-state index is 11.1. The number of carboxylic acids is 1. The molecule has 25 heavy (non-hydrogen) atoms. The van der Waals surface area contributed by atoms with Crippen LogP contribution in [0.4, 0.5) is 5.69 Å². The normalized spacial score (nSPS) is 10.7. The summed E-state index contributed by atoms with van der Waals surface area (Å²) in [5, 5.41) is 11.7. The summed E-state index contributed by atoms with van der Waals surface area (Å²) in [4.78, 5) is 24.1. The van der Waals surface area contributed by atoms with Gasteiger partial charge in [0, 0.05) is 32.2 Å². The molecule has 0 aliphatic rings. The lowest BCUT2D eigenvalue weighted by molar-refractivity contribution is -0.137. The van der Waals surface area contributed by atoms with Gasteiger partial charge in [0.2, 0.25) is 5.91 Å². The van der Waals surface area contributed by atoms with Gasteiger partial charge in [0.1, 0.15) is 0 Å². The molecule has 132 valence electrons. The second-order valence-corrected chi connectivity index (χ2v) is 6.22. The number of nitrogens with one attached hydrogen (secondary N) is 1. The molecule has 0 radical (unpaired) electrons. The van der Waals surface area contributed by atoms with Gasteiger partial charge in [-0.2, -0.15) is 0 Å². The summed E-state index contributed by atoms with van der Waals surface area (Å²) in [5.41, 5.74) is 4.19. The summed E-state index contributed by atoms with van der Waals surface area (Å²) in [5.74, 6) is -0.898. The van der Waals surface area contributed by atoms with E-state index in [1.807, 2.05) is 43.3 Å². The zero-order valence-electron chi connectivity index (χ0n) is 14.7. The molecule has 2 rings (SSSR count). The first-order valence-corrected chi connectivity index (χ1v) is 8.28. The maximum Gasteiger partial charge on any atom is 0.304 e. The highest BCUT2D eigenvalue weighted by atomic mass is 16.4. The van der Waals surface area contributed by atoms with E-state index >= 15 is 0 Å². The Hall–Kier alpha value is -2.66. The van der Waals surface area contributed by atoms with Crippen molar-refractivity contribution in [3.63, 3.8) is 0 Å². The Morgan fingerprint density at radius 2 is 1.72 bits per heavy atom. The third-order valence-corrected chi connectivity index (χ3v) is 3.81. The van der Waals surface area contributed by atoms with Gasteiger partial charge in [-0.15, -0.1) is 0 Å². The predicted molar refractivity (Wildman–Crippen MR) is 98.3 cm³/mol. The van der Waals surface area contributed by atoms with Crippen molar-refractivity contribution >= 4 is 17.6 Å². The minimum absolute atomic E-state index is 0.102. The molecule has 5 nitrogen and oxygen atoms in total. The number of carboxylic acid groups (broad SMARTS) is 1. The Balaban J connectivity index is 2.06. The number of amides is 1. The van der Waals surface area contributed by atoms with E-state index in [4.69, 9.17) is 5.11 Å². The minimum Gasteiger partial charge on any atom is -0.481 e. The number of aryl methyl sites for hydroxylation is 1. The Kier molecular flexibility index (Phi) is 6.71. The monoisotopic (exact) mass is 340 g/mol. The van der Waals surface area contributed by atoms with Crippen molar-refractivity contribution in [3.8, 4) is 0 Å². The quantitative estimate of drug-likeness (QED) is 0.772. The fraction of sp³-hybridized carbons (Fsp3) is 0.300. The fourth-order valence-corrected chi connectivity index (χ4v) is 2.69. The van der Waals surface area contributed by atoms with Gasteiger partial charge in [0.25, 0.3) is 0 Å². The average molecular weight is 340 g/mol. The SMILES string of the molecule is CC(=O)Nc1ccc(CN(CCC(=O)O)Cc2cccc(C)c2)cc1. The first-order chi connectivity index (χ1) is 11.9. The molecule has 0 bridgehead atoms. The molecular formula is C20H24N2O3. The topological polar surface area (TPSA) is 69.6 Å². The number of hydrogen-bond acceptors (Lipinski definition) is 3. The van der Waals surface area contributed by atoms with Crippen LogP contribution in [-0.2, 0) is 22.7 Å². The molecule has 0 aliphatic carbocycles. The summed E-state index contributed by atoms with van der Waals surface area (Å²) in [6.45, 7) is 5.36. The van der Waals surface area contributed by atoms with Crippen molar-refractivity contribution in [2.75, 3.05) is 11.9 Å². The molecule has 2 N–H and O–H groups in total. The number of carbonyl (C=O) groups excluding carboxylic acids is 1. The average Bonchev–Trinajstić information content (AvgIpc) is 2.54. The number of nitrogens with zero attached hydrogens (tertiary/aromatic N) is 1. The zero-order valence-corrected chi connectivity index (χ0v) is 14.7. The van der Waals surface area contributed by atoms with Crippen LogP contribution in [-0.4, -0.2) is 28.4 Å². The van der Waals surface area contributed by atoms with E-state index in [0.29, 0.717) is 19.6 Å². The molecule has 1 amide bonds. The predicted octanol–water partition coefficient (Wildman–Crippen LogP) is 3.43. The largest absolute Gasteiger partial charge is 0.481 e. The third-order valence-electron chi connectivity index (χ3n) is 3.81. The standard InChI is InChI=1S/C20H24N2O3/c1-15-4-3-5-18(12-15)14-22(11-10-20(24)25)13-17-6-8-19(9-7-17)21-16(2)23/h3-9,12H,10-11,13-14H2,1-2H3,(H,21,23)(H,24,25). The Morgan fingerprint density at radius 3 is 2.32 bits per heavy atom. The molecule has 5 heteroatoms. The van der Waals surface area contributed by atoms with E-state index in [1.54, 1.807) is 0 Å². The van der Waals surface area contributed by atoms with Gasteiger partial charge in [0.15, 0.2) is 0 Å². The first-order valence-electron chi connectivity index (χ1n) is 8.28. The molecule has 0 spiro atoms. The van der Waals surface area contributed by atoms with Crippen LogP contribution in [0.3, 0.4) is 0 Å². The highest BCUT2D eigenvalue weighted by molar-refractivity contribution is 5.88. The van der Waals surface area contributed by atoms with Crippen LogP contribution >= 0.6 is 0 Å². The number of aliphatic carboxylic acids is 1. The molecule has 0 saturated heterocycles. The Labute approximate surface area is 148 Å². The lowest BCUT2D eigenvalue weighted by Gasteiger charge is -2.22. The van der Waals surface area contributed by atoms with Crippen molar-refractivity contribution in [1.29, 1.82) is 0 Å². The van der Waals surface area contributed by atoms with Crippen molar-refractivity contribution in [3.05, 3.63) is 65.2 Å². The molecule has 0 aliphatic heterocycles. The Morgan fingerprint density at radius 1 is 1.04 bits per heavy atom. The van der Waals surface area contributed by atoms with Gasteiger partial charge in [-0.25, -0.2) is 0 Å². The molecule has 2 aromatic carbocycles. The van der Waals surface area contributed by atoms with Crippen LogP contribution in [0.5, 0.6) is 0 Å². The van der Waals surface area contributed by atoms with E-state index < -0.39 is 5.97 Å². The van der Waals surface area contributed by atoms with Gasteiger partial charge in [-0.3, -0.25) is 14.5 Å². The summed E-state index contributed by atoms with van der Waals surface area (Å²) >= 11 is 0. The lowest BCUT2D eigenvalue weighted by Crippen LogP contribution is -2.25. The van der Waals surface area contributed by atoms with E-state index in [9.17, 15) is 9.59 Å². The van der Waals surface area contributed by atoms with Crippen molar-refractivity contribution in [2.45, 2.75) is 33.4 Å². The number of hydrogen-bond donors (Lipinski definition) is 2. The summed E-state index contributed by atoms with van der Waals surface area (Å²) in [7, 11) is 0. The van der Waals surface area contributed by atoms with E-state index in [0.717, 1.165) is 11.3 Å². The molecule has 0 atom stereocenters. The molecular weight excluding hydrogens is 316 g/mol. The van der Waals surface area contributed by atoms with Crippen molar-refractivity contribution in [1.82, 2.24) is 4.90 Å². The molecule has 2 aromatic rings. The molecule has 0 aromatic heterocycles. The van der Waals surface area contributed by atoms with Crippen LogP contribution in [0.25, 0.3) is 0 Å². The highest BCUT2D eigenvalue weighted by Gasteiger charge is 2.10. The fourth-order valence-electron chi connectivity index (χ4n) is 2.69. The molecule has 0 fully saturated rings. The van der Waals surface area contributed by atoms with Gasteiger partial charge >= 0.3 is 5.97 Å². The van der Waals surface area contributed by atoms with Crippen LogP contribution in [0.15, 0.2) is 48.5 Å². The Bertz CT molecular complexity index is 726. The van der Waals surface area contributed by atoms with Crippen LogP contribution in [0.2, 0.25) is 0 Å². The number of rotatable bonds is 8. The van der Waals surface area contributed by atoms with Gasteiger partial charge < -0.3 is 10.4 Å². The first kappa shape index (κ1) is 18.7. The van der Waals surface area contributed by atoms with Gasteiger partial charge in [0.05, 0.1) is 6.42 Å². The molecule has 0 unspecified atom stereocenters. The molecule has 0 heterocycles. The van der Waals surface area contributed by atoms with E-state index in [1.165, 1.54) is 18.1 Å². The second kappa shape index (κ2) is 8.99. The van der Waals surface area contributed by atoms with Crippen molar-refractivity contribution < 1.29 is 14.7 Å². The minimum atomic E-state index is -0.796. The summed E-state index contributed by atoms with van der Waals surface area (Å²) in [6.07, 6.45) is 0.107. The van der Waals surface area contributed by atoms with Crippen LogP contribution < -0.4 is 5.32 Å². The number of benzene rings is 2. The number of carbonyl (C=O) groups is 2. The number of anilines is 1. The summed E-state index contributed by atoms with van der Waals surface area (Å²) in [6, 6.07) is 15.9. The summed E-state index contributed by atoms with van der Waals surface area (Å²) < 4.78 is 0.